The molecular weight excluding hydrogens is 276 g/mol. The minimum Gasteiger partial charge on any atom is -0.465 e. The van der Waals surface area contributed by atoms with E-state index in [1.165, 1.54) is 24.5 Å². The van der Waals surface area contributed by atoms with Gasteiger partial charge in [0.2, 0.25) is 0 Å². The Kier molecular flexibility index (Phi) is 4.04. The summed E-state index contributed by atoms with van der Waals surface area (Å²) in [5.74, 6) is 0.295. The quantitative estimate of drug-likeness (QED) is 0.883. The third-order valence-electron chi connectivity index (χ3n) is 2.91. The largest absolute Gasteiger partial charge is 0.465 e. The van der Waals surface area contributed by atoms with E-state index in [2.05, 4.69) is 9.97 Å². The molecule has 0 amide bonds. The molecule has 0 unspecified atom stereocenters. The van der Waals surface area contributed by atoms with Crippen molar-refractivity contribution in [3.63, 3.8) is 0 Å². The number of methoxy groups -OCH3 is 1. The fourth-order valence-corrected chi connectivity index (χ4v) is 2.86. The first-order valence-electron chi connectivity index (χ1n) is 6.22. The number of aromatic nitrogens is 2. The van der Waals surface area contributed by atoms with Gasteiger partial charge in [0.15, 0.2) is 0 Å². The maximum absolute atomic E-state index is 11.8. The molecule has 2 aromatic heterocycles. The van der Waals surface area contributed by atoms with Crippen LogP contribution in [0.2, 0.25) is 0 Å². The third-order valence-corrected chi connectivity index (χ3v) is 3.99. The van der Waals surface area contributed by atoms with E-state index in [0.29, 0.717) is 22.0 Å². The number of nitrogens with zero attached hydrogens (tertiary/aromatic N) is 1. The van der Waals surface area contributed by atoms with Crippen LogP contribution in [0.25, 0.3) is 11.3 Å². The summed E-state index contributed by atoms with van der Waals surface area (Å²) in [7, 11) is 1.34. The van der Waals surface area contributed by atoms with Crippen LogP contribution in [0.1, 0.15) is 40.8 Å². The standard InChI is InChI=1S/C14H16N2O3S/c1-7(2)13-15-9(5-10(17)16-13)11-8(3)6-20-12(11)14(18)19-4/h5-7H,1-4H3,(H,15,16,17). The van der Waals surface area contributed by atoms with Crippen molar-refractivity contribution in [2.24, 2.45) is 0 Å². The van der Waals surface area contributed by atoms with Gasteiger partial charge in [-0.15, -0.1) is 11.3 Å². The molecule has 0 aliphatic rings. The summed E-state index contributed by atoms with van der Waals surface area (Å²) < 4.78 is 4.78. The number of hydrogen-bond donors (Lipinski definition) is 1. The fraction of sp³-hybridized carbons (Fsp3) is 0.357. The maximum atomic E-state index is 11.8. The summed E-state index contributed by atoms with van der Waals surface area (Å²) in [6.45, 7) is 5.78. The Balaban J connectivity index is 2.65. The zero-order chi connectivity index (χ0) is 14.9. The van der Waals surface area contributed by atoms with Crippen LogP contribution in [-0.2, 0) is 4.74 Å². The number of rotatable bonds is 3. The van der Waals surface area contributed by atoms with Gasteiger partial charge in [0.25, 0.3) is 5.56 Å². The topological polar surface area (TPSA) is 72.1 Å². The van der Waals surface area contributed by atoms with Crippen LogP contribution in [0.4, 0.5) is 0 Å². The van der Waals surface area contributed by atoms with Crippen LogP contribution >= 0.6 is 11.3 Å². The van der Waals surface area contributed by atoms with Crippen molar-refractivity contribution in [2.75, 3.05) is 7.11 Å². The predicted octanol–water partition coefficient (Wildman–Crippen LogP) is 2.72. The molecule has 106 valence electrons. The molecule has 6 heteroatoms. The Hall–Kier alpha value is -1.95. The lowest BCUT2D eigenvalue weighted by atomic mass is 10.1. The van der Waals surface area contributed by atoms with Crippen molar-refractivity contribution in [1.82, 2.24) is 9.97 Å². The number of ether oxygens (including phenoxy) is 1. The van der Waals surface area contributed by atoms with Gasteiger partial charge in [-0.1, -0.05) is 13.8 Å². The van der Waals surface area contributed by atoms with Crippen LogP contribution in [0.3, 0.4) is 0 Å². The highest BCUT2D eigenvalue weighted by Gasteiger charge is 2.20. The van der Waals surface area contributed by atoms with Crippen LogP contribution in [-0.4, -0.2) is 23.0 Å². The van der Waals surface area contributed by atoms with E-state index in [4.69, 9.17) is 4.74 Å². The Labute approximate surface area is 120 Å². The molecule has 1 N–H and O–H groups in total. The summed E-state index contributed by atoms with van der Waals surface area (Å²) in [6, 6.07) is 1.41. The Bertz CT molecular complexity index is 701. The van der Waals surface area contributed by atoms with Gasteiger partial charge >= 0.3 is 5.97 Å². The van der Waals surface area contributed by atoms with Gasteiger partial charge in [0, 0.05) is 17.5 Å². The van der Waals surface area contributed by atoms with Crippen molar-refractivity contribution >= 4 is 17.3 Å². The molecule has 0 aliphatic heterocycles. The number of aryl methyl sites for hydroxylation is 1. The summed E-state index contributed by atoms with van der Waals surface area (Å²) in [6.07, 6.45) is 0. The van der Waals surface area contributed by atoms with Crippen LogP contribution in [0, 0.1) is 6.92 Å². The molecule has 20 heavy (non-hydrogen) atoms. The molecule has 0 aliphatic carbocycles. The number of thiophene rings is 1. The number of aromatic amines is 1. The minimum absolute atomic E-state index is 0.100. The highest BCUT2D eigenvalue weighted by molar-refractivity contribution is 7.12. The van der Waals surface area contributed by atoms with E-state index in [1.807, 2.05) is 26.2 Å². The highest BCUT2D eigenvalue weighted by Crippen LogP contribution is 2.31. The van der Waals surface area contributed by atoms with Gasteiger partial charge in [0.05, 0.1) is 12.8 Å². The monoisotopic (exact) mass is 292 g/mol. The first-order chi connectivity index (χ1) is 9.43. The average molecular weight is 292 g/mol. The molecule has 2 heterocycles. The van der Waals surface area contributed by atoms with Crippen molar-refractivity contribution in [1.29, 1.82) is 0 Å². The van der Waals surface area contributed by atoms with Gasteiger partial charge in [-0.2, -0.15) is 0 Å². The van der Waals surface area contributed by atoms with Gasteiger partial charge in [-0.3, -0.25) is 4.79 Å². The molecule has 2 aromatic rings. The summed E-state index contributed by atoms with van der Waals surface area (Å²) >= 11 is 1.30. The molecule has 5 nitrogen and oxygen atoms in total. The van der Waals surface area contributed by atoms with Gasteiger partial charge < -0.3 is 9.72 Å². The van der Waals surface area contributed by atoms with Crippen molar-refractivity contribution < 1.29 is 9.53 Å². The Morgan fingerprint density at radius 3 is 2.75 bits per heavy atom. The van der Waals surface area contributed by atoms with E-state index < -0.39 is 5.97 Å². The highest BCUT2D eigenvalue weighted by atomic mass is 32.1. The summed E-state index contributed by atoms with van der Waals surface area (Å²) in [5, 5.41) is 1.86. The van der Waals surface area contributed by atoms with E-state index in [9.17, 15) is 9.59 Å². The summed E-state index contributed by atoms with van der Waals surface area (Å²) in [4.78, 5) is 31.2. The molecule has 0 saturated carbocycles. The van der Waals surface area contributed by atoms with Crippen molar-refractivity contribution in [2.45, 2.75) is 26.7 Å². The number of esters is 1. The van der Waals surface area contributed by atoms with E-state index >= 15 is 0 Å². The van der Waals surface area contributed by atoms with E-state index in [-0.39, 0.29) is 11.5 Å². The Morgan fingerprint density at radius 2 is 2.15 bits per heavy atom. The molecule has 0 atom stereocenters. The minimum atomic E-state index is -0.411. The lowest BCUT2D eigenvalue weighted by Gasteiger charge is -2.08. The fourth-order valence-electron chi connectivity index (χ4n) is 1.88. The van der Waals surface area contributed by atoms with E-state index in [1.54, 1.807) is 0 Å². The second kappa shape index (κ2) is 5.58. The third kappa shape index (κ3) is 2.65. The normalized spacial score (nSPS) is 10.8. The maximum Gasteiger partial charge on any atom is 0.348 e. The number of nitrogens with one attached hydrogen (secondary N) is 1. The van der Waals surface area contributed by atoms with Crippen molar-refractivity contribution in [3.8, 4) is 11.3 Å². The predicted molar refractivity (Wildman–Crippen MR) is 78.3 cm³/mol. The number of hydrogen-bond acceptors (Lipinski definition) is 5. The SMILES string of the molecule is COC(=O)c1scc(C)c1-c1cc(=O)[nH]c(C(C)C)n1. The van der Waals surface area contributed by atoms with Crippen LogP contribution in [0.5, 0.6) is 0 Å². The zero-order valence-corrected chi connectivity index (χ0v) is 12.6. The zero-order valence-electron chi connectivity index (χ0n) is 11.8. The lowest BCUT2D eigenvalue weighted by molar-refractivity contribution is 0.0607. The molecule has 2 rings (SSSR count). The molecule has 0 saturated heterocycles. The molecule has 0 spiro atoms. The first kappa shape index (κ1) is 14.5. The van der Waals surface area contributed by atoms with Gasteiger partial charge in [0.1, 0.15) is 10.7 Å². The van der Waals surface area contributed by atoms with Crippen molar-refractivity contribution in [3.05, 3.63) is 38.1 Å². The van der Waals surface area contributed by atoms with E-state index in [0.717, 1.165) is 5.56 Å². The van der Waals surface area contributed by atoms with Crippen LogP contribution in [0.15, 0.2) is 16.2 Å². The number of carbonyl (C=O) groups is 1. The molecule has 0 aromatic carbocycles. The van der Waals surface area contributed by atoms with Crippen LogP contribution < -0.4 is 5.56 Å². The summed E-state index contributed by atoms with van der Waals surface area (Å²) in [5.41, 5.74) is 1.87. The second-order valence-corrected chi connectivity index (χ2v) is 5.66. The second-order valence-electron chi connectivity index (χ2n) is 4.78. The first-order valence-corrected chi connectivity index (χ1v) is 7.10. The Morgan fingerprint density at radius 1 is 1.45 bits per heavy atom. The van der Waals surface area contributed by atoms with Gasteiger partial charge in [-0.05, 0) is 17.9 Å². The molecule has 0 bridgehead atoms. The van der Waals surface area contributed by atoms with Gasteiger partial charge in [-0.25, -0.2) is 9.78 Å². The molecule has 0 fully saturated rings. The molecular formula is C14H16N2O3S. The average Bonchev–Trinajstić information content (AvgIpc) is 2.79. The molecule has 0 radical (unpaired) electrons. The smallest absolute Gasteiger partial charge is 0.348 e. The number of H-pyrrole nitrogens is 1. The number of carbonyl (C=O) groups excluding carboxylic acids is 1. The lowest BCUT2D eigenvalue weighted by Crippen LogP contribution is -2.13.